The number of amides is 1. The van der Waals surface area contributed by atoms with E-state index >= 15 is 0 Å². The Labute approximate surface area is 120 Å². The summed E-state index contributed by atoms with van der Waals surface area (Å²) in [5.74, 6) is 0.122. The van der Waals surface area contributed by atoms with Crippen LogP contribution in [0.25, 0.3) is 10.8 Å². The van der Waals surface area contributed by atoms with Gasteiger partial charge in [0.15, 0.2) is 6.67 Å². The third-order valence-electron chi connectivity index (χ3n) is 4.67. The highest BCUT2D eigenvalue weighted by atomic mass is 16.2. The molecule has 104 valence electrons. The smallest absolute Gasteiger partial charge is 0.228 e. The molecule has 2 aromatic rings. The van der Waals surface area contributed by atoms with E-state index in [1.165, 1.54) is 16.5 Å². The van der Waals surface area contributed by atoms with Crippen LogP contribution in [0.1, 0.15) is 20.8 Å². The van der Waals surface area contributed by atoms with E-state index in [0.29, 0.717) is 0 Å². The first-order valence-electron chi connectivity index (χ1n) is 7.29. The second kappa shape index (κ2) is 4.60. The number of rotatable bonds is 2. The molecule has 2 aromatic carbocycles. The van der Waals surface area contributed by atoms with Crippen molar-refractivity contribution in [1.29, 1.82) is 0 Å². The van der Waals surface area contributed by atoms with E-state index in [1.807, 2.05) is 11.0 Å². The van der Waals surface area contributed by atoms with Crippen molar-refractivity contribution >= 4 is 28.1 Å². The summed E-state index contributed by atoms with van der Waals surface area (Å²) >= 11 is 0. The molecule has 0 bridgehead atoms. The van der Waals surface area contributed by atoms with Gasteiger partial charge < -0.3 is 0 Å². The Balaban J connectivity index is 2.40. The van der Waals surface area contributed by atoms with Crippen LogP contribution in [0.15, 0.2) is 36.4 Å². The van der Waals surface area contributed by atoms with Crippen LogP contribution in [0, 0.1) is 0 Å². The summed E-state index contributed by atoms with van der Waals surface area (Å²) in [5, 5.41) is 2.45. The number of hydrogen-bond donors (Lipinski definition) is 0. The molecule has 0 aliphatic carbocycles. The summed E-state index contributed by atoms with van der Waals surface area (Å²) in [4.78, 5) is 14.0. The molecule has 1 heterocycles. The SMILES string of the molecule is CC[N+]1(CC)CN(C(C)=O)c2cccc3cccc1c23. The first-order valence-corrected chi connectivity index (χ1v) is 7.29. The van der Waals surface area contributed by atoms with Crippen LogP contribution in [-0.2, 0) is 4.79 Å². The Morgan fingerprint density at radius 3 is 2.40 bits per heavy atom. The minimum absolute atomic E-state index is 0.122. The highest BCUT2D eigenvalue weighted by molar-refractivity contribution is 6.10. The van der Waals surface area contributed by atoms with Gasteiger partial charge >= 0.3 is 0 Å². The number of nitrogens with zero attached hydrogens (tertiary/aromatic N) is 2. The average Bonchev–Trinajstić information content (AvgIpc) is 2.48. The lowest BCUT2D eigenvalue weighted by Gasteiger charge is -2.44. The number of benzene rings is 2. The van der Waals surface area contributed by atoms with Crippen molar-refractivity contribution in [2.75, 3.05) is 24.7 Å². The molecule has 0 fully saturated rings. The quantitative estimate of drug-likeness (QED) is 0.764. The lowest BCUT2D eigenvalue weighted by Crippen LogP contribution is -2.58. The predicted molar refractivity (Wildman–Crippen MR) is 84.9 cm³/mol. The van der Waals surface area contributed by atoms with Crippen LogP contribution < -0.4 is 9.38 Å². The topological polar surface area (TPSA) is 20.3 Å². The van der Waals surface area contributed by atoms with Crippen LogP contribution in [0.4, 0.5) is 11.4 Å². The number of quaternary nitrogens is 1. The standard InChI is InChI=1S/C17H21N2O/c1-4-19(5-2)12-18(13(3)20)15-10-6-8-14-9-7-11-16(19)17(14)15/h6-11H,4-5,12H2,1-3H3/q+1. The van der Waals surface area contributed by atoms with E-state index in [1.54, 1.807) is 6.92 Å². The Morgan fingerprint density at radius 1 is 1.15 bits per heavy atom. The van der Waals surface area contributed by atoms with Gasteiger partial charge in [0.1, 0.15) is 5.69 Å². The van der Waals surface area contributed by atoms with Crippen molar-refractivity contribution in [3.8, 4) is 0 Å². The van der Waals surface area contributed by atoms with E-state index in [2.05, 4.69) is 44.2 Å². The first-order chi connectivity index (χ1) is 9.63. The van der Waals surface area contributed by atoms with Crippen LogP contribution in [-0.4, -0.2) is 25.7 Å². The fourth-order valence-electron chi connectivity index (χ4n) is 3.38. The maximum Gasteiger partial charge on any atom is 0.228 e. The van der Waals surface area contributed by atoms with Gasteiger partial charge in [0.05, 0.1) is 24.2 Å². The number of carbonyl (C=O) groups excluding carboxylic acids is 1. The van der Waals surface area contributed by atoms with Crippen molar-refractivity contribution in [1.82, 2.24) is 4.48 Å². The van der Waals surface area contributed by atoms with Gasteiger partial charge in [0, 0.05) is 6.92 Å². The minimum atomic E-state index is 0.122. The Hall–Kier alpha value is -1.87. The first kappa shape index (κ1) is 13.1. The molecule has 3 nitrogen and oxygen atoms in total. The van der Waals surface area contributed by atoms with Gasteiger partial charge in [0.25, 0.3) is 0 Å². The van der Waals surface area contributed by atoms with Crippen LogP contribution in [0.3, 0.4) is 0 Å². The van der Waals surface area contributed by atoms with Gasteiger partial charge in [-0.3, -0.25) is 14.2 Å². The average molecular weight is 269 g/mol. The van der Waals surface area contributed by atoms with E-state index < -0.39 is 0 Å². The van der Waals surface area contributed by atoms with E-state index in [0.717, 1.165) is 29.9 Å². The maximum atomic E-state index is 12.1. The highest BCUT2D eigenvalue weighted by Crippen LogP contribution is 2.42. The summed E-state index contributed by atoms with van der Waals surface area (Å²) in [6, 6.07) is 12.7. The zero-order chi connectivity index (χ0) is 14.3. The molecule has 0 N–H and O–H groups in total. The number of anilines is 1. The maximum absolute atomic E-state index is 12.1. The molecule has 0 saturated carbocycles. The van der Waals surface area contributed by atoms with Gasteiger partial charge in [-0.2, -0.15) is 0 Å². The summed E-state index contributed by atoms with van der Waals surface area (Å²) in [6.45, 7) is 8.79. The molecular weight excluding hydrogens is 248 g/mol. The molecule has 0 unspecified atom stereocenters. The van der Waals surface area contributed by atoms with E-state index in [4.69, 9.17) is 0 Å². The molecule has 0 aromatic heterocycles. The van der Waals surface area contributed by atoms with Crippen LogP contribution in [0.5, 0.6) is 0 Å². The molecule has 1 amide bonds. The van der Waals surface area contributed by atoms with Crippen molar-refractivity contribution < 1.29 is 4.79 Å². The number of carbonyl (C=O) groups is 1. The minimum Gasteiger partial charge on any atom is -0.275 e. The molecule has 0 atom stereocenters. The zero-order valence-electron chi connectivity index (χ0n) is 12.4. The van der Waals surface area contributed by atoms with Gasteiger partial charge in [-0.15, -0.1) is 0 Å². The molecule has 0 saturated heterocycles. The summed E-state index contributed by atoms with van der Waals surface area (Å²) in [7, 11) is 0. The monoisotopic (exact) mass is 269 g/mol. The fourth-order valence-corrected chi connectivity index (χ4v) is 3.38. The van der Waals surface area contributed by atoms with Gasteiger partial charge in [-0.1, -0.05) is 24.3 Å². The molecule has 1 aliphatic heterocycles. The molecule has 20 heavy (non-hydrogen) atoms. The Bertz CT molecular complexity index is 668. The normalized spacial score (nSPS) is 16.4. The van der Waals surface area contributed by atoms with E-state index in [9.17, 15) is 4.79 Å². The number of hydrogen-bond acceptors (Lipinski definition) is 1. The molecule has 3 heteroatoms. The lowest BCUT2D eigenvalue weighted by atomic mass is 10.0. The predicted octanol–water partition coefficient (Wildman–Crippen LogP) is 3.51. The fraction of sp³-hybridized carbons (Fsp3) is 0.353. The molecule has 0 spiro atoms. The largest absolute Gasteiger partial charge is 0.275 e. The van der Waals surface area contributed by atoms with Crippen LogP contribution in [0.2, 0.25) is 0 Å². The molecular formula is C17H21N2O+. The summed E-state index contributed by atoms with van der Waals surface area (Å²) < 4.78 is 0.841. The second-order valence-electron chi connectivity index (χ2n) is 5.52. The Morgan fingerprint density at radius 2 is 1.80 bits per heavy atom. The molecule has 0 radical (unpaired) electrons. The van der Waals surface area contributed by atoms with Gasteiger partial charge in [0.2, 0.25) is 5.91 Å². The third kappa shape index (κ3) is 1.66. The van der Waals surface area contributed by atoms with Gasteiger partial charge in [-0.05, 0) is 31.4 Å². The van der Waals surface area contributed by atoms with Crippen LogP contribution >= 0.6 is 0 Å². The van der Waals surface area contributed by atoms with Gasteiger partial charge in [-0.25, -0.2) is 0 Å². The van der Waals surface area contributed by atoms with Crippen molar-refractivity contribution in [2.24, 2.45) is 0 Å². The Kier molecular flexibility index (Phi) is 3.02. The van der Waals surface area contributed by atoms with Crippen molar-refractivity contribution in [3.05, 3.63) is 36.4 Å². The van der Waals surface area contributed by atoms with Crippen molar-refractivity contribution in [3.63, 3.8) is 0 Å². The summed E-state index contributed by atoms with van der Waals surface area (Å²) in [6.07, 6.45) is 0. The molecule has 3 rings (SSSR count). The summed E-state index contributed by atoms with van der Waals surface area (Å²) in [5.41, 5.74) is 2.40. The highest BCUT2D eigenvalue weighted by Gasteiger charge is 2.38. The second-order valence-corrected chi connectivity index (χ2v) is 5.52. The molecule has 1 aliphatic rings. The van der Waals surface area contributed by atoms with Crippen molar-refractivity contribution in [2.45, 2.75) is 20.8 Å². The zero-order valence-corrected chi connectivity index (χ0v) is 12.4. The third-order valence-corrected chi connectivity index (χ3v) is 4.67. The lowest BCUT2D eigenvalue weighted by molar-refractivity contribution is -0.117. The van der Waals surface area contributed by atoms with E-state index in [-0.39, 0.29) is 5.91 Å².